The molecule has 0 saturated carbocycles. The molecule has 2 aliphatic heterocycles. The minimum Gasteiger partial charge on any atom is -0.269 e. The van der Waals surface area contributed by atoms with E-state index in [1.165, 1.54) is 11.9 Å². The van der Waals surface area contributed by atoms with E-state index >= 15 is 0 Å². The van der Waals surface area contributed by atoms with Gasteiger partial charge in [0, 0.05) is 18.6 Å². The fourth-order valence-electron chi connectivity index (χ4n) is 2.51. The molecule has 1 aromatic carbocycles. The number of amides is 3. The predicted molar refractivity (Wildman–Crippen MR) is 89.2 cm³/mol. The minimum atomic E-state index is -0.578. The van der Waals surface area contributed by atoms with Crippen molar-refractivity contribution < 1.29 is 14.2 Å². The van der Waals surface area contributed by atoms with Gasteiger partial charge in [0.2, 0.25) is 0 Å². The molecule has 0 aliphatic carbocycles. The number of urea groups is 1. The van der Waals surface area contributed by atoms with E-state index in [9.17, 15) is 9.59 Å². The highest BCUT2D eigenvalue weighted by Crippen LogP contribution is 2.22. The maximum absolute atomic E-state index is 12.5. The molecule has 22 heavy (non-hydrogen) atoms. The summed E-state index contributed by atoms with van der Waals surface area (Å²) in [4.78, 5) is 31.4. The van der Waals surface area contributed by atoms with E-state index in [4.69, 9.17) is 0 Å². The average molecular weight is 429 g/mol. The normalized spacial score (nSPS) is 21.5. The molecule has 8 heteroatoms. The lowest BCUT2D eigenvalue weighted by atomic mass is 10.1. The average Bonchev–Trinajstić information content (AvgIpc) is 2.82. The van der Waals surface area contributed by atoms with Crippen LogP contribution in [0.15, 0.2) is 33.7 Å². The van der Waals surface area contributed by atoms with Crippen molar-refractivity contribution >= 4 is 54.4 Å². The Morgan fingerprint density at radius 2 is 1.77 bits per heavy atom. The SMILES string of the molecule is CN1C(=O)C2C(=NC(Br)=[N+]2Cc2ccc(Br)cc2)N(C)C1=O. The number of amidine groups is 2. The Morgan fingerprint density at radius 3 is 2.41 bits per heavy atom. The first-order valence-corrected chi connectivity index (χ1v) is 8.16. The molecule has 1 aromatic rings. The number of likely N-dealkylation sites (N-methyl/N-ethyl adjacent to an activating group) is 2. The molecule has 0 bridgehead atoms. The second-order valence-corrected chi connectivity index (χ2v) is 6.76. The molecule has 1 fully saturated rings. The topological polar surface area (TPSA) is 56.0 Å². The molecule has 1 unspecified atom stereocenters. The lowest BCUT2D eigenvalue weighted by Crippen LogP contribution is -2.61. The zero-order valence-electron chi connectivity index (χ0n) is 12.0. The molecule has 1 saturated heterocycles. The molecule has 114 valence electrons. The van der Waals surface area contributed by atoms with Gasteiger partial charge in [-0.15, -0.1) is 0 Å². The van der Waals surface area contributed by atoms with Crippen LogP contribution in [-0.2, 0) is 11.3 Å². The van der Waals surface area contributed by atoms with Gasteiger partial charge in [0.15, 0.2) is 0 Å². The molecular weight excluding hydrogens is 416 g/mol. The molecule has 3 rings (SSSR count). The van der Waals surface area contributed by atoms with E-state index in [-0.39, 0.29) is 11.9 Å². The zero-order chi connectivity index (χ0) is 16.0. The van der Waals surface area contributed by atoms with Gasteiger partial charge in [-0.2, -0.15) is 0 Å². The van der Waals surface area contributed by atoms with Crippen LogP contribution in [0.3, 0.4) is 0 Å². The molecule has 0 spiro atoms. The molecule has 6 nitrogen and oxygen atoms in total. The van der Waals surface area contributed by atoms with Gasteiger partial charge in [-0.3, -0.25) is 14.6 Å². The van der Waals surface area contributed by atoms with Gasteiger partial charge in [0.25, 0.3) is 17.8 Å². The molecule has 2 heterocycles. The number of hydrogen-bond acceptors (Lipinski definition) is 3. The van der Waals surface area contributed by atoms with Crippen LogP contribution in [0.1, 0.15) is 5.56 Å². The number of imide groups is 1. The largest absolute Gasteiger partial charge is 0.365 e. The number of carbonyl (C=O) groups excluding carboxylic acids is 2. The van der Waals surface area contributed by atoms with Crippen LogP contribution in [0, 0.1) is 0 Å². The smallest absolute Gasteiger partial charge is 0.269 e. The maximum atomic E-state index is 12.5. The molecule has 0 N–H and O–H groups in total. The second kappa shape index (κ2) is 5.58. The Kier molecular flexibility index (Phi) is 3.90. The Balaban J connectivity index is 1.93. The number of halogens is 2. The standard InChI is InChI=1S/C14H13Br2N4O2/c1-18-11-10(12(21)19(2)14(18)22)20(13(16)17-11)7-8-3-5-9(15)6-4-8/h3-6,10H,7H2,1-2H3/q+1. The van der Waals surface area contributed by atoms with Gasteiger partial charge in [0.1, 0.15) is 6.54 Å². The number of hydrogen-bond donors (Lipinski definition) is 0. The van der Waals surface area contributed by atoms with Gasteiger partial charge in [-0.1, -0.05) is 28.1 Å². The second-order valence-electron chi connectivity index (χ2n) is 5.13. The van der Waals surface area contributed by atoms with Crippen LogP contribution in [-0.4, -0.2) is 57.0 Å². The van der Waals surface area contributed by atoms with Crippen molar-refractivity contribution in [2.75, 3.05) is 14.1 Å². The molecule has 3 amide bonds. The van der Waals surface area contributed by atoms with Crippen LogP contribution >= 0.6 is 31.9 Å². The van der Waals surface area contributed by atoms with Gasteiger partial charge in [-0.25, -0.2) is 9.37 Å². The highest BCUT2D eigenvalue weighted by molar-refractivity contribution is 9.18. The Labute approximate surface area is 144 Å². The zero-order valence-corrected chi connectivity index (χ0v) is 15.1. The summed E-state index contributed by atoms with van der Waals surface area (Å²) < 4.78 is 3.40. The Hall–Kier alpha value is -1.54. The van der Waals surface area contributed by atoms with Gasteiger partial charge in [0.05, 0.1) is 15.9 Å². The van der Waals surface area contributed by atoms with Crippen LogP contribution in [0.5, 0.6) is 0 Å². The monoisotopic (exact) mass is 427 g/mol. The summed E-state index contributed by atoms with van der Waals surface area (Å²) in [6, 6.07) is 6.91. The van der Waals surface area contributed by atoms with Gasteiger partial charge in [-0.05, 0) is 22.7 Å². The number of carbonyl (C=O) groups is 2. The lowest BCUT2D eigenvalue weighted by Gasteiger charge is -2.30. The number of nitrogens with zero attached hydrogens (tertiary/aromatic N) is 4. The third-order valence-corrected chi connectivity index (χ3v) is 4.91. The van der Waals surface area contributed by atoms with Gasteiger partial charge >= 0.3 is 10.8 Å². The third kappa shape index (κ3) is 2.40. The summed E-state index contributed by atoms with van der Waals surface area (Å²) in [6.45, 7) is 0.521. The summed E-state index contributed by atoms with van der Waals surface area (Å²) in [7, 11) is 3.11. The summed E-state index contributed by atoms with van der Waals surface area (Å²) in [5.74, 6) is 0.186. The summed E-state index contributed by atoms with van der Waals surface area (Å²) in [5, 5.41) is 0. The van der Waals surface area contributed by atoms with Crippen LogP contribution in [0.25, 0.3) is 0 Å². The predicted octanol–water partition coefficient (Wildman–Crippen LogP) is 2.02. The third-order valence-electron chi connectivity index (χ3n) is 3.75. The number of rotatable bonds is 2. The van der Waals surface area contributed by atoms with Crippen molar-refractivity contribution in [3.63, 3.8) is 0 Å². The summed E-state index contributed by atoms with van der Waals surface area (Å²) >= 11 is 6.80. The highest BCUT2D eigenvalue weighted by atomic mass is 79.9. The number of benzene rings is 1. The minimum absolute atomic E-state index is 0.270. The number of aliphatic imine (C=N–C) groups is 1. The molecule has 0 radical (unpaired) electrons. The van der Waals surface area contributed by atoms with E-state index in [1.807, 2.05) is 28.8 Å². The van der Waals surface area contributed by atoms with Gasteiger partial charge < -0.3 is 0 Å². The first-order chi connectivity index (χ1) is 10.4. The highest BCUT2D eigenvalue weighted by Gasteiger charge is 2.52. The Bertz CT molecular complexity index is 727. The van der Waals surface area contributed by atoms with Crippen molar-refractivity contribution in [2.45, 2.75) is 12.6 Å². The first-order valence-electron chi connectivity index (χ1n) is 6.57. The number of fused-ring (bicyclic) bond motifs is 1. The molecule has 0 aromatic heterocycles. The molecule has 2 aliphatic rings. The molecule has 1 atom stereocenters. The van der Waals surface area contributed by atoms with E-state index in [1.54, 1.807) is 7.05 Å². The molecular formula is C14H13Br2N4O2+. The van der Waals surface area contributed by atoms with Crippen LogP contribution in [0.2, 0.25) is 0 Å². The van der Waals surface area contributed by atoms with Crippen molar-refractivity contribution in [2.24, 2.45) is 4.99 Å². The van der Waals surface area contributed by atoms with Crippen molar-refractivity contribution in [3.05, 3.63) is 34.3 Å². The van der Waals surface area contributed by atoms with E-state index in [2.05, 4.69) is 36.9 Å². The van der Waals surface area contributed by atoms with Crippen molar-refractivity contribution in [1.82, 2.24) is 9.80 Å². The van der Waals surface area contributed by atoms with Crippen molar-refractivity contribution in [1.29, 1.82) is 0 Å². The lowest BCUT2D eigenvalue weighted by molar-refractivity contribution is -0.548. The van der Waals surface area contributed by atoms with Crippen LogP contribution < -0.4 is 0 Å². The van der Waals surface area contributed by atoms with E-state index < -0.39 is 6.04 Å². The van der Waals surface area contributed by atoms with Crippen molar-refractivity contribution in [3.8, 4) is 0 Å². The quantitative estimate of drug-likeness (QED) is 0.534. The van der Waals surface area contributed by atoms with E-state index in [0.717, 1.165) is 14.9 Å². The fourth-order valence-corrected chi connectivity index (χ4v) is 3.29. The summed E-state index contributed by atoms with van der Waals surface area (Å²) in [5.41, 5.74) is 1.05. The first kappa shape index (κ1) is 15.4. The fraction of sp³-hybridized carbons (Fsp3) is 0.286. The van der Waals surface area contributed by atoms with E-state index in [0.29, 0.717) is 17.1 Å². The summed E-state index contributed by atoms with van der Waals surface area (Å²) in [6.07, 6.45) is 0. The Morgan fingerprint density at radius 1 is 1.14 bits per heavy atom. The maximum Gasteiger partial charge on any atom is 0.365 e. The van der Waals surface area contributed by atoms with Crippen LogP contribution in [0.4, 0.5) is 4.79 Å².